The highest BCUT2D eigenvalue weighted by Gasteiger charge is 2.36. The number of anilines is 1. The van der Waals surface area contributed by atoms with Gasteiger partial charge >= 0.3 is 12.0 Å². The normalized spacial score (nSPS) is 16.6. The van der Waals surface area contributed by atoms with Gasteiger partial charge in [-0.25, -0.2) is 4.79 Å². The number of carbonyl (C=O) groups is 2. The van der Waals surface area contributed by atoms with E-state index in [1.807, 2.05) is 23.6 Å². The van der Waals surface area contributed by atoms with E-state index in [0.717, 1.165) is 4.88 Å². The molecule has 2 N–H and O–H groups in total. The first kappa shape index (κ1) is 13.6. The minimum Gasteiger partial charge on any atom is -0.481 e. The Morgan fingerprint density at radius 3 is 2.81 bits per heavy atom. The van der Waals surface area contributed by atoms with Gasteiger partial charge in [0, 0.05) is 17.1 Å². The summed E-state index contributed by atoms with van der Waals surface area (Å²) in [7, 11) is 0. The number of carbonyl (C=O) groups excluding carboxylic acids is 1. The van der Waals surface area contributed by atoms with Gasteiger partial charge in [0.05, 0.1) is 6.54 Å². The first-order chi connectivity index (χ1) is 10.2. The van der Waals surface area contributed by atoms with Crippen molar-refractivity contribution in [2.24, 2.45) is 0 Å². The maximum absolute atomic E-state index is 12.3. The summed E-state index contributed by atoms with van der Waals surface area (Å²) in [6.07, 6.45) is 0. The van der Waals surface area contributed by atoms with Gasteiger partial charge in [0.2, 0.25) is 0 Å². The predicted molar refractivity (Wildman–Crippen MR) is 80.7 cm³/mol. The molecule has 1 aromatic carbocycles. The van der Waals surface area contributed by atoms with Crippen LogP contribution in [0.5, 0.6) is 0 Å². The minimum absolute atomic E-state index is 0.172. The third-order valence-corrected chi connectivity index (χ3v) is 4.38. The summed E-state index contributed by atoms with van der Waals surface area (Å²) < 4.78 is 0. The smallest absolute Gasteiger partial charge is 0.322 e. The monoisotopic (exact) mass is 302 g/mol. The van der Waals surface area contributed by atoms with Gasteiger partial charge in [0.25, 0.3) is 0 Å². The van der Waals surface area contributed by atoms with Gasteiger partial charge in [-0.05, 0) is 23.1 Å². The number of fused-ring (bicyclic) bond motifs is 1. The number of urea groups is 1. The number of hydrogen-bond acceptors (Lipinski definition) is 3. The molecule has 0 radical (unpaired) electrons. The maximum atomic E-state index is 12.3. The maximum Gasteiger partial charge on any atom is 0.322 e. The summed E-state index contributed by atoms with van der Waals surface area (Å²) in [6, 6.07) is 10.8. The predicted octanol–water partition coefficient (Wildman–Crippen LogP) is 2.65. The summed E-state index contributed by atoms with van der Waals surface area (Å²) >= 11 is 1.57. The number of aliphatic carboxylic acids is 1. The molecule has 6 heteroatoms. The number of amides is 2. The van der Waals surface area contributed by atoms with Crippen LogP contribution in [0.2, 0.25) is 0 Å². The zero-order valence-corrected chi connectivity index (χ0v) is 12.0. The van der Waals surface area contributed by atoms with E-state index in [9.17, 15) is 14.7 Å². The Morgan fingerprint density at radius 2 is 2.10 bits per heavy atom. The first-order valence-corrected chi connectivity index (χ1v) is 7.44. The summed E-state index contributed by atoms with van der Waals surface area (Å²) in [6.45, 7) is 0.623. The van der Waals surface area contributed by atoms with E-state index in [-0.39, 0.29) is 12.6 Å². The Balaban J connectivity index is 1.76. The lowest BCUT2D eigenvalue weighted by atomic mass is 10.0. The number of benzene rings is 1. The lowest BCUT2D eigenvalue weighted by Crippen LogP contribution is -2.39. The number of rotatable bonds is 3. The molecule has 1 aliphatic rings. The quantitative estimate of drug-likeness (QED) is 0.915. The summed E-state index contributed by atoms with van der Waals surface area (Å²) in [5.41, 5.74) is 1.37. The van der Waals surface area contributed by atoms with Crippen LogP contribution in [-0.4, -0.2) is 23.7 Å². The fraction of sp³-hybridized carbons (Fsp3) is 0.200. The zero-order chi connectivity index (χ0) is 14.8. The van der Waals surface area contributed by atoms with E-state index < -0.39 is 11.9 Å². The van der Waals surface area contributed by atoms with Gasteiger partial charge in [-0.3, -0.25) is 9.69 Å². The molecular weight excluding hydrogens is 288 g/mol. The average Bonchev–Trinajstić information content (AvgIpc) is 3.12. The summed E-state index contributed by atoms with van der Waals surface area (Å²) in [4.78, 5) is 26.2. The van der Waals surface area contributed by atoms with Crippen molar-refractivity contribution >= 4 is 29.0 Å². The first-order valence-electron chi connectivity index (χ1n) is 6.56. The van der Waals surface area contributed by atoms with Crippen LogP contribution in [0.25, 0.3) is 0 Å². The molecule has 2 heterocycles. The number of nitrogens with zero attached hydrogens (tertiary/aromatic N) is 1. The third-order valence-electron chi connectivity index (χ3n) is 3.51. The third kappa shape index (κ3) is 2.62. The largest absolute Gasteiger partial charge is 0.481 e. The van der Waals surface area contributed by atoms with Gasteiger partial charge in [0.1, 0.15) is 5.92 Å². The highest BCUT2D eigenvalue weighted by molar-refractivity contribution is 7.09. The van der Waals surface area contributed by atoms with Crippen LogP contribution in [0.3, 0.4) is 0 Å². The van der Waals surface area contributed by atoms with Crippen LogP contribution in [-0.2, 0) is 11.3 Å². The molecule has 0 fully saturated rings. The van der Waals surface area contributed by atoms with Crippen molar-refractivity contribution in [3.63, 3.8) is 0 Å². The molecule has 108 valence electrons. The Hall–Kier alpha value is -2.34. The Kier molecular flexibility index (Phi) is 3.62. The zero-order valence-electron chi connectivity index (χ0n) is 11.2. The van der Waals surface area contributed by atoms with E-state index in [2.05, 4.69) is 5.32 Å². The van der Waals surface area contributed by atoms with E-state index in [1.165, 1.54) is 4.90 Å². The number of carboxylic acid groups (broad SMARTS) is 1. The van der Waals surface area contributed by atoms with Gasteiger partial charge in [0.15, 0.2) is 0 Å². The fourth-order valence-electron chi connectivity index (χ4n) is 2.48. The van der Waals surface area contributed by atoms with E-state index in [4.69, 9.17) is 0 Å². The number of thiophene rings is 1. The second kappa shape index (κ2) is 5.57. The molecule has 2 amide bonds. The van der Waals surface area contributed by atoms with Crippen molar-refractivity contribution in [3.8, 4) is 0 Å². The molecule has 0 spiro atoms. The minimum atomic E-state index is -0.906. The SMILES string of the molecule is O=C(O)C1CN(C(=O)NCc2cccs2)c2ccccc21. The van der Waals surface area contributed by atoms with Crippen molar-refractivity contribution in [1.29, 1.82) is 0 Å². The summed E-state index contributed by atoms with van der Waals surface area (Å²) in [5, 5.41) is 14.1. The standard InChI is InChI=1S/C15H14N2O3S/c18-14(19)12-9-17(13-6-2-1-5-11(12)13)15(20)16-8-10-4-3-7-21-10/h1-7,12H,8-9H2,(H,16,20)(H,18,19). The number of hydrogen-bond donors (Lipinski definition) is 2. The van der Waals surface area contributed by atoms with E-state index in [0.29, 0.717) is 17.8 Å². The van der Waals surface area contributed by atoms with Gasteiger partial charge in [-0.1, -0.05) is 24.3 Å². The topological polar surface area (TPSA) is 69.6 Å². The van der Waals surface area contributed by atoms with Gasteiger partial charge in [-0.2, -0.15) is 0 Å². The number of nitrogens with one attached hydrogen (secondary N) is 1. The van der Waals surface area contributed by atoms with Crippen LogP contribution >= 0.6 is 11.3 Å². The number of carboxylic acids is 1. The fourth-order valence-corrected chi connectivity index (χ4v) is 3.13. The average molecular weight is 302 g/mol. The summed E-state index contributed by atoms with van der Waals surface area (Å²) in [5.74, 6) is -1.57. The second-order valence-electron chi connectivity index (χ2n) is 4.80. The van der Waals surface area contributed by atoms with E-state index >= 15 is 0 Å². The molecule has 0 aliphatic carbocycles. The molecule has 5 nitrogen and oxygen atoms in total. The van der Waals surface area contributed by atoms with Crippen LogP contribution < -0.4 is 10.2 Å². The van der Waals surface area contributed by atoms with Crippen molar-refractivity contribution < 1.29 is 14.7 Å². The van der Waals surface area contributed by atoms with Gasteiger partial charge < -0.3 is 10.4 Å². The molecule has 21 heavy (non-hydrogen) atoms. The molecule has 1 aromatic heterocycles. The Bertz CT molecular complexity index is 669. The number of para-hydroxylation sites is 1. The van der Waals surface area contributed by atoms with E-state index in [1.54, 1.807) is 29.5 Å². The second-order valence-corrected chi connectivity index (χ2v) is 5.83. The van der Waals surface area contributed by atoms with Crippen LogP contribution in [0.1, 0.15) is 16.4 Å². The molecular formula is C15H14N2O3S. The highest BCUT2D eigenvalue weighted by atomic mass is 32.1. The Labute approximate surface area is 125 Å². The molecule has 3 rings (SSSR count). The van der Waals surface area contributed by atoms with Crippen molar-refractivity contribution in [1.82, 2.24) is 5.32 Å². The van der Waals surface area contributed by atoms with Gasteiger partial charge in [-0.15, -0.1) is 11.3 Å². The molecule has 1 unspecified atom stereocenters. The lowest BCUT2D eigenvalue weighted by molar-refractivity contribution is -0.138. The molecule has 0 saturated heterocycles. The van der Waals surface area contributed by atoms with Crippen molar-refractivity contribution in [2.45, 2.75) is 12.5 Å². The van der Waals surface area contributed by atoms with Crippen molar-refractivity contribution in [2.75, 3.05) is 11.4 Å². The van der Waals surface area contributed by atoms with Crippen LogP contribution in [0.4, 0.5) is 10.5 Å². The molecule has 0 bridgehead atoms. The molecule has 1 aliphatic heterocycles. The highest BCUT2D eigenvalue weighted by Crippen LogP contribution is 2.36. The Morgan fingerprint density at radius 1 is 1.29 bits per heavy atom. The molecule has 2 aromatic rings. The van der Waals surface area contributed by atoms with Crippen molar-refractivity contribution in [3.05, 3.63) is 52.2 Å². The van der Waals surface area contributed by atoms with Crippen LogP contribution in [0, 0.1) is 0 Å². The molecule has 0 saturated carbocycles. The lowest BCUT2D eigenvalue weighted by Gasteiger charge is -2.18. The van der Waals surface area contributed by atoms with Crippen LogP contribution in [0.15, 0.2) is 41.8 Å². The molecule has 1 atom stereocenters.